The first-order chi connectivity index (χ1) is 7.50. The van der Waals surface area contributed by atoms with E-state index in [9.17, 15) is 13.9 Å². The molecule has 0 aliphatic carbocycles. The van der Waals surface area contributed by atoms with Gasteiger partial charge in [0.15, 0.2) is 23.2 Å². The van der Waals surface area contributed by atoms with Crippen molar-refractivity contribution in [2.24, 2.45) is 0 Å². The number of anilines is 1. The number of benzene rings is 1. The largest absolute Gasteiger partial charge is 0.506 e. The Hall–Kier alpha value is -1.63. The third-order valence-electron chi connectivity index (χ3n) is 1.92. The maximum absolute atomic E-state index is 13.5. The quantitative estimate of drug-likeness (QED) is 0.792. The van der Waals surface area contributed by atoms with E-state index in [0.29, 0.717) is 0 Å². The molecule has 2 rings (SSSR count). The van der Waals surface area contributed by atoms with Gasteiger partial charge in [0.25, 0.3) is 0 Å². The van der Waals surface area contributed by atoms with E-state index in [1.165, 1.54) is 6.07 Å². The van der Waals surface area contributed by atoms with Crippen LogP contribution in [0.5, 0.6) is 5.75 Å². The molecular formula is C9H5BrF2N2O2. The average molecular weight is 291 g/mol. The van der Waals surface area contributed by atoms with Crippen LogP contribution >= 0.6 is 15.9 Å². The highest BCUT2D eigenvalue weighted by atomic mass is 79.9. The molecule has 16 heavy (non-hydrogen) atoms. The fourth-order valence-corrected chi connectivity index (χ4v) is 1.62. The van der Waals surface area contributed by atoms with Gasteiger partial charge in [0.2, 0.25) is 0 Å². The molecule has 0 aliphatic heterocycles. The molecule has 0 bridgehead atoms. The Balaban J connectivity index is 2.73. The van der Waals surface area contributed by atoms with Gasteiger partial charge < -0.3 is 15.4 Å². The summed E-state index contributed by atoms with van der Waals surface area (Å²) >= 11 is 2.89. The first kappa shape index (κ1) is 10.9. The molecule has 0 amide bonds. The van der Waals surface area contributed by atoms with Crippen LogP contribution in [0.25, 0.3) is 11.3 Å². The highest BCUT2D eigenvalue weighted by Crippen LogP contribution is 2.39. The molecule has 1 aromatic carbocycles. The highest BCUT2D eigenvalue weighted by Gasteiger charge is 2.21. The van der Waals surface area contributed by atoms with Crippen molar-refractivity contribution >= 4 is 21.7 Å². The standard InChI is InChI=1S/C9H5BrF2N2O2/c10-3-1-4(11)8(12)7(9(3)15)5-2-6(13)14-16-5/h1-2,15H,(H2,13,14). The van der Waals surface area contributed by atoms with E-state index in [4.69, 9.17) is 5.73 Å². The Morgan fingerprint density at radius 2 is 2.06 bits per heavy atom. The van der Waals surface area contributed by atoms with Gasteiger partial charge in [-0.3, -0.25) is 0 Å². The van der Waals surface area contributed by atoms with Gasteiger partial charge in [-0.2, -0.15) is 0 Å². The number of nitrogens with two attached hydrogens (primary N) is 1. The van der Waals surface area contributed by atoms with Crippen LogP contribution < -0.4 is 5.73 Å². The van der Waals surface area contributed by atoms with Crippen LogP contribution in [-0.4, -0.2) is 10.3 Å². The summed E-state index contributed by atoms with van der Waals surface area (Å²) in [5.41, 5.74) is 4.86. The van der Waals surface area contributed by atoms with Crippen LogP contribution in [0, 0.1) is 11.6 Å². The van der Waals surface area contributed by atoms with E-state index < -0.39 is 22.9 Å². The molecule has 84 valence electrons. The van der Waals surface area contributed by atoms with Crippen LogP contribution in [0.2, 0.25) is 0 Å². The van der Waals surface area contributed by atoms with Gasteiger partial charge in [0.05, 0.1) is 4.47 Å². The molecule has 0 saturated heterocycles. The zero-order valence-electron chi connectivity index (χ0n) is 7.67. The molecule has 1 aromatic heterocycles. The Labute approximate surface area is 96.8 Å². The van der Waals surface area contributed by atoms with Gasteiger partial charge >= 0.3 is 0 Å². The lowest BCUT2D eigenvalue weighted by atomic mass is 10.1. The first-order valence-corrected chi connectivity index (χ1v) is 4.89. The monoisotopic (exact) mass is 290 g/mol. The lowest BCUT2D eigenvalue weighted by molar-refractivity contribution is 0.418. The van der Waals surface area contributed by atoms with Gasteiger partial charge in [-0.15, -0.1) is 0 Å². The van der Waals surface area contributed by atoms with E-state index in [-0.39, 0.29) is 16.1 Å². The summed E-state index contributed by atoms with van der Waals surface area (Å²) in [6.45, 7) is 0. The van der Waals surface area contributed by atoms with Crippen LogP contribution in [0.1, 0.15) is 0 Å². The van der Waals surface area contributed by atoms with Crippen LogP contribution in [0.15, 0.2) is 21.1 Å². The van der Waals surface area contributed by atoms with E-state index in [0.717, 1.165) is 6.07 Å². The molecule has 4 nitrogen and oxygen atoms in total. The second-order valence-corrected chi connectivity index (χ2v) is 3.85. The highest BCUT2D eigenvalue weighted by molar-refractivity contribution is 9.10. The smallest absolute Gasteiger partial charge is 0.175 e. The van der Waals surface area contributed by atoms with Gasteiger partial charge in [-0.1, -0.05) is 5.16 Å². The van der Waals surface area contributed by atoms with E-state index in [2.05, 4.69) is 25.6 Å². The van der Waals surface area contributed by atoms with E-state index in [1.807, 2.05) is 0 Å². The Kier molecular flexibility index (Phi) is 2.55. The van der Waals surface area contributed by atoms with Crippen molar-refractivity contribution < 1.29 is 18.4 Å². The maximum atomic E-state index is 13.5. The van der Waals surface area contributed by atoms with Crippen LogP contribution in [-0.2, 0) is 0 Å². The van der Waals surface area contributed by atoms with E-state index >= 15 is 0 Å². The molecule has 0 spiro atoms. The molecule has 1 heterocycles. The van der Waals surface area contributed by atoms with Gasteiger partial charge in [-0.05, 0) is 22.0 Å². The molecule has 0 radical (unpaired) electrons. The fourth-order valence-electron chi connectivity index (χ4n) is 1.22. The summed E-state index contributed by atoms with van der Waals surface area (Å²) in [6.07, 6.45) is 0. The third kappa shape index (κ3) is 1.63. The summed E-state index contributed by atoms with van der Waals surface area (Å²) in [5, 5.41) is 12.9. The van der Waals surface area contributed by atoms with Crippen molar-refractivity contribution in [1.82, 2.24) is 5.16 Å². The molecule has 0 saturated carbocycles. The predicted octanol–water partition coefficient (Wildman–Crippen LogP) is 2.67. The Morgan fingerprint density at radius 1 is 1.38 bits per heavy atom. The number of halogens is 3. The Morgan fingerprint density at radius 3 is 2.62 bits per heavy atom. The molecule has 2 aromatic rings. The summed E-state index contributed by atoms with van der Waals surface area (Å²) < 4.78 is 31.2. The number of aromatic hydroxyl groups is 1. The molecular weight excluding hydrogens is 286 g/mol. The topological polar surface area (TPSA) is 72.3 Å². The number of nitrogens with zero attached hydrogens (tertiary/aromatic N) is 1. The van der Waals surface area contributed by atoms with Crippen LogP contribution in [0.3, 0.4) is 0 Å². The summed E-state index contributed by atoms with van der Waals surface area (Å²) in [5.74, 6) is -2.96. The number of phenolic OH excluding ortho intramolecular Hbond substituents is 1. The number of hydrogen-bond donors (Lipinski definition) is 2. The summed E-state index contributed by atoms with van der Waals surface area (Å²) in [7, 11) is 0. The van der Waals surface area contributed by atoms with Crippen molar-refractivity contribution in [2.75, 3.05) is 5.73 Å². The SMILES string of the molecule is Nc1cc(-c2c(O)c(Br)cc(F)c2F)on1. The number of rotatable bonds is 1. The van der Waals surface area contributed by atoms with Crippen molar-refractivity contribution in [3.8, 4) is 17.1 Å². The summed E-state index contributed by atoms with van der Waals surface area (Å²) in [6, 6.07) is 2.00. The maximum Gasteiger partial charge on any atom is 0.175 e. The minimum atomic E-state index is -1.23. The van der Waals surface area contributed by atoms with Crippen LogP contribution in [0.4, 0.5) is 14.6 Å². The average Bonchev–Trinajstić information content (AvgIpc) is 2.62. The van der Waals surface area contributed by atoms with Crippen molar-refractivity contribution in [3.63, 3.8) is 0 Å². The number of phenols is 1. The lowest BCUT2D eigenvalue weighted by Gasteiger charge is -2.05. The minimum Gasteiger partial charge on any atom is -0.506 e. The van der Waals surface area contributed by atoms with Crippen molar-refractivity contribution in [2.45, 2.75) is 0 Å². The molecule has 3 N–H and O–H groups in total. The summed E-state index contributed by atoms with van der Waals surface area (Å²) in [4.78, 5) is 0. The van der Waals surface area contributed by atoms with Gasteiger partial charge in [-0.25, -0.2) is 8.78 Å². The van der Waals surface area contributed by atoms with Gasteiger partial charge in [0, 0.05) is 6.07 Å². The fraction of sp³-hybridized carbons (Fsp3) is 0. The van der Waals surface area contributed by atoms with Crippen molar-refractivity contribution in [1.29, 1.82) is 0 Å². The normalized spacial score (nSPS) is 10.7. The predicted molar refractivity (Wildman–Crippen MR) is 55.6 cm³/mol. The second kappa shape index (κ2) is 3.75. The second-order valence-electron chi connectivity index (χ2n) is 2.99. The molecule has 0 aliphatic rings. The zero-order chi connectivity index (χ0) is 11.9. The molecule has 0 atom stereocenters. The zero-order valence-corrected chi connectivity index (χ0v) is 9.25. The molecule has 7 heteroatoms. The number of hydrogen-bond acceptors (Lipinski definition) is 4. The van der Waals surface area contributed by atoms with Crippen molar-refractivity contribution in [3.05, 3.63) is 28.2 Å². The molecule has 0 unspecified atom stereocenters. The number of aromatic nitrogens is 1. The van der Waals surface area contributed by atoms with Gasteiger partial charge in [0.1, 0.15) is 11.3 Å². The van der Waals surface area contributed by atoms with E-state index in [1.54, 1.807) is 0 Å². The first-order valence-electron chi connectivity index (χ1n) is 4.09. The minimum absolute atomic E-state index is 0.00850. The lowest BCUT2D eigenvalue weighted by Crippen LogP contribution is -1.90. The third-order valence-corrected chi connectivity index (χ3v) is 2.52. The number of nitrogen functional groups attached to an aromatic ring is 1. The molecule has 0 fully saturated rings. The Bertz CT molecular complexity index is 530.